The maximum absolute atomic E-state index is 12.3. The Morgan fingerprint density at radius 3 is 2.90 bits per heavy atom. The van der Waals surface area contributed by atoms with Gasteiger partial charge in [0.1, 0.15) is 5.76 Å². The van der Waals surface area contributed by atoms with Gasteiger partial charge in [-0.2, -0.15) is 0 Å². The topological polar surface area (TPSA) is 55.1 Å². The molecule has 1 aromatic carbocycles. The summed E-state index contributed by atoms with van der Waals surface area (Å²) < 4.78 is 5.33. The molecule has 0 fully saturated rings. The van der Waals surface area contributed by atoms with E-state index >= 15 is 0 Å². The van der Waals surface area contributed by atoms with Crippen LogP contribution < -0.4 is 5.32 Å². The van der Waals surface area contributed by atoms with Gasteiger partial charge in [-0.1, -0.05) is 41.4 Å². The minimum atomic E-state index is -0.193. The normalized spacial score (nSPS) is 14.3. The molecule has 1 heterocycles. The Labute approximate surface area is 128 Å². The first-order valence-corrected chi connectivity index (χ1v) is 7.62. The number of amides is 1. The Morgan fingerprint density at radius 2 is 2.05 bits per heavy atom. The van der Waals surface area contributed by atoms with Crippen molar-refractivity contribution < 1.29 is 9.32 Å². The van der Waals surface area contributed by atoms with Crippen LogP contribution in [0.15, 0.2) is 28.8 Å². The Hall–Kier alpha value is -1.81. The van der Waals surface area contributed by atoms with Gasteiger partial charge in [-0.05, 0) is 30.9 Å². The summed E-state index contributed by atoms with van der Waals surface area (Å²) >= 11 is 6.08. The number of hydrogen-bond donors (Lipinski definition) is 1. The summed E-state index contributed by atoms with van der Waals surface area (Å²) in [6, 6.07) is 7.47. The van der Waals surface area contributed by atoms with E-state index in [4.69, 9.17) is 16.1 Å². The summed E-state index contributed by atoms with van der Waals surface area (Å²) in [7, 11) is 0. The summed E-state index contributed by atoms with van der Waals surface area (Å²) in [6.45, 7) is 0.389. The van der Waals surface area contributed by atoms with Crippen LogP contribution in [-0.4, -0.2) is 11.1 Å². The smallest absolute Gasteiger partial charge is 0.274 e. The lowest BCUT2D eigenvalue weighted by Gasteiger charge is -2.06. The van der Waals surface area contributed by atoms with E-state index in [1.165, 1.54) is 6.42 Å². The second-order valence-corrected chi connectivity index (χ2v) is 5.67. The first kappa shape index (κ1) is 14.1. The third-order valence-corrected chi connectivity index (χ3v) is 4.18. The molecule has 21 heavy (non-hydrogen) atoms. The molecule has 0 radical (unpaired) electrons. The molecule has 0 saturated carbocycles. The lowest BCUT2D eigenvalue weighted by Crippen LogP contribution is -2.24. The quantitative estimate of drug-likeness (QED) is 0.883. The molecule has 3 rings (SSSR count). The molecule has 1 amide bonds. The lowest BCUT2D eigenvalue weighted by atomic mass is 10.1. The van der Waals surface area contributed by atoms with Crippen molar-refractivity contribution in [3.05, 3.63) is 51.9 Å². The third-order valence-electron chi connectivity index (χ3n) is 3.81. The van der Waals surface area contributed by atoms with E-state index in [1.807, 2.05) is 24.3 Å². The largest absolute Gasteiger partial charge is 0.360 e. The number of nitrogens with zero attached hydrogens (tertiary/aromatic N) is 1. The van der Waals surface area contributed by atoms with Gasteiger partial charge >= 0.3 is 0 Å². The van der Waals surface area contributed by atoms with E-state index in [-0.39, 0.29) is 5.91 Å². The predicted octanol–water partition coefficient (Wildman–Crippen LogP) is 3.53. The van der Waals surface area contributed by atoms with Gasteiger partial charge in [0, 0.05) is 23.6 Å². The first-order chi connectivity index (χ1) is 10.3. The van der Waals surface area contributed by atoms with Crippen LogP contribution in [0.5, 0.6) is 0 Å². The van der Waals surface area contributed by atoms with Crippen LogP contribution in [0, 0.1) is 0 Å². The standard InChI is InChI=1S/C16H17ClN2O2/c17-13-8-5-4-6-11(13)10-18-16(20)15-12-7-2-1-3-9-14(12)21-19-15/h4-6,8H,1-3,7,9-10H2,(H,18,20). The first-order valence-electron chi connectivity index (χ1n) is 7.24. The maximum atomic E-state index is 12.3. The number of fused-ring (bicyclic) bond motifs is 1. The molecule has 0 atom stereocenters. The van der Waals surface area contributed by atoms with Crippen LogP contribution in [0.3, 0.4) is 0 Å². The molecule has 5 heteroatoms. The van der Waals surface area contributed by atoms with E-state index in [9.17, 15) is 4.79 Å². The molecular formula is C16H17ClN2O2. The van der Waals surface area contributed by atoms with Gasteiger partial charge < -0.3 is 9.84 Å². The summed E-state index contributed by atoms with van der Waals surface area (Å²) in [5.74, 6) is 0.678. The van der Waals surface area contributed by atoms with Crippen LogP contribution in [0.4, 0.5) is 0 Å². The number of carbonyl (C=O) groups is 1. The summed E-state index contributed by atoms with van der Waals surface area (Å²) in [4.78, 5) is 12.3. The minimum absolute atomic E-state index is 0.193. The average molecular weight is 305 g/mol. The van der Waals surface area contributed by atoms with E-state index in [2.05, 4.69) is 10.5 Å². The fourth-order valence-corrected chi connectivity index (χ4v) is 2.84. The SMILES string of the molecule is O=C(NCc1ccccc1Cl)c1noc2c1CCCCC2. The van der Waals surface area contributed by atoms with E-state index in [1.54, 1.807) is 0 Å². The molecule has 1 N–H and O–H groups in total. The Kier molecular flexibility index (Phi) is 4.25. The van der Waals surface area contributed by atoms with Gasteiger partial charge in [-0.15, -0.1) is 0 Å². The highest BCUT2D eigenvalue weighted by Crippen LogP contribution is 2.23. The van der Waals surface area contributed by atoms with Crippen molar-refractivity contribution in [2.45, 2.75) is 38.6 Å². The molecule has 0 spiro atoms. The molecule has 1 aliphatic carbocycles. The Bertz CT molecular complexity index is 651. The van der Waals surface area contributed by atoms with E-state index in [0.29, 0.717) is 17.3 Å². The van der Waals surface area contributed by atoms with Gasteiger partial charge in [0.15, 0.2) is 5.69 Å². The number of aromatic nitrogens is 1. The zero-order valence-electron chi connectivity index (χ0n) is 11.7. The highest BCUT2D eigenvalue weighted by atomic mass is 35.5. The second kappa shape index (κ2) is 6.31. The second-order valence-electron chi connectivity index (χ2n) is 5.27. The monoisotopic (exact) mass is 304 g/mol. The number of hydrogen-bond acceptors (Lipinski definition) is 3. The number of benzene rings is 1. The van der Waals surface area contributed by atoms with Crippen molar-refractivity contribution in [3.8, 4) is 0 Å². The molecule has 0 saturated heterocycles. The summed E-state index contributed by atoms with van der Waals surface area (Å²) in [5.41, 5.74) is 2.30. The highest BCUT2D eigenvalue weighted by Gasteiger charge is 2.22. The minimum Gasteiger partial charge on any atom is -0.360 e. The molecule has 0 unspecified atom stereocenters. The van der Waals surface area contributed by atoms with Crippen molar-refractivity contribution in [1.82, 2.24) is 10.5 Å². The zero-order chi connectivity index (χ0) is 14.7. The van der Waals surface area contributed by atoms with Crippen LogP contribution >= 0.6 is 11.6 Å². The zero-order valence-corrected chi connectivity index (χ0v) is 12.4. The number of nitrogens with one attached hydrogen (secondary N) is 1. The number of aryl methyl sites for hydroxylation is 1. The average Bonchev–Trinajstić information content (AvgIpc) is 2.75. The molecule has 2 aromatic rings. The Balaban J connectivity index is 1.71. The lowest BCUT2D eigenvalue weighted by molar-refractivity contribution is 0.0941. The van der Waals surface area contributed by atoms with Gasteiger partial charge in [0.25, 0.3) is 5.91 Å². The van der Waals surface area contributed by atoms with Crippen molar-refractivity contribution in [2.24, 2.45) is 0 Å². The van der Waals surface area contributed by atoms with Gasteiger partial charge in [0.2, 0.25) is 0 Å². The molecule has 1 aromatic heterocycles. The number of halogens is 1. The van der Waals surface area contributed by atoms with Crippen LogP contribution in [0.2, 0.25) is 5.02 Å². The molecule has 1 aliphatic rings. The van der Waals surface area contributed by atoms with Crippen LogP contribution in [-0.2, 0) is 19.4 Å². The van der Waals surface area contributed by atoms with Crippen molar-refractivity contribution in [2.75, 3.05) is 0 Å². The molecule has 4 nitrogen and oxygen atoms in total. The van der Waals surface area contributed by atoms with Crippen molar-refractivity contribution in [1.29, 1.82) is 0 Å². The van der Waals surface area contributed by atoms with Gasteiger partial charge in [-0.3, -0.25) is 4.79 Å². The fourth-order valence-electron chi connectivity index (χ4n) is 2.64. The molecule has 110 valence electrons. The fraction of sp³-hybridized carbons (Fsp3) is 0.375. The molecule has 0 bridgehead atoms. The predicted molar refractivity (Wildman–Crippen MR) is 80.4 cm³/mol. The van der Waals surface area contributed by atoms with Crippen LogP contribution in [0.1, 0.15) is 46.6 Å². The molecular weight excluding hydrogens is 288 g/mol. The van der Waals surface area contributed by atoms with E-state index in [0.717, 1.165) is 42.6 Å². The molecule has 0 aliphatic heterocycles. The summed E-state index contributed by atoms with van der Waals surface area (Å²) in [5, 5.41) is 7.47. The highest BCUT2D eigenvalue weighted by molar-refractivity contribution is 6.31. The van der Waals surface area contributed by atoms with Gasteiger partial charge in [0.05, 0.1) is 0 Å². The van der Waals surface area contributed by atoms with Crippen molar-refractivity contribution >= 4 is 17.5 Å². The van der Waals surface area contributed by atoms with Crippen LogP contribution in [0.25, 0.3) is 0 Å². The summed E-state index contributed by atoms with van der Waals surface area (Å²) in [6.07, 6.45) is 5.10. The number of carbonyl (C=O) groups excluding carboxylic acids is 1. The third kappa shape index (κ3) is 3.10. The van der Waals surface area contributed by atoms with E-state index < -0.39 is 0 Å². The van der Waals surface area contributed by atoms with Crippen molar-refractivity contribution in [3.63, 3.8) is 0 Å². The maximum Gasteiger partial charge on any atom is 0.274 e. The van der Waals surface area contributed by atoms with Gasteiger partial charge in [-0.25, -0.2) is 0 Å². The Morgan fingerprint density at radius 1 is 1.24 bits per heavy atom. The number of rotatable bonds is 3.